The molecule has 1 aliphatic rings. The van der Waals surface area contributed by atoms with Gasteiger partial charge in [0.2, 0.25) is 0 Å². The van der Waals surface area contributed by atoms with Gasteiger partial charge in [0.25, 0.3) is 0 Å². The molecular formula is C12H17BrCl2F2N2. The number of hydrogen-bond acceptors (Lipinski definition) is 2. The lowest BCUT2D eigenvalue weighted by Gasteiger charge is -2.33. The number of benzene rings is 1. The SMILES string of the molecule is Cl.Cl.FC[C@@H](c1cc(Br)ccc1F)N1CCNCC1. The molecule has 7 heteroatoms. The largest absolute Gasteiger partial charge is 0.314 e. The molecule has 2 nitrogen and oxygen atoms in total. The summed E-state index contributed by atoms with van der Waals surface area (Å²) < 4.78 is 27.7. The Morgan fingerprint density at radius 2 is 1.89 bits per heavy atom. The molecule has 0 spiro atoms. The molecule has 0 saturated carbocycles. The first-order chi connectivity index (χ1) is 8.22. The van der Waals surface area contributed by atoms with Gasteiger partial charge in [-0.3, -0.25) is 4.90 Å². The van der Waals surface area contributed by atoms with Crippen LogP contribution in [0.2, 0.25) is 0 Å². The van der Waals surface area contributed by atoms with Crippen molar-refractivity contribution in [2.24, 2.45) is 0 Å². The zero-order chi connectivity index (χ0) is 12.3. The van der Waals surface area contributed by atoms with Crippen LogP contribution < -0.4 is 5.32 Å². The molecule has 19 heavy (non-hydrogen) atoms. The van der Waals surface area contributed by atoms with Crippen molar-refractivity contribution >= 4 is 40.7 Å². The Morgan fingerprint density at radius 1 is 1.26 bits per heavy atom. The zero-order valence-electron chi connectivity index (χ0n) is 10.2. The highest BCUT2D eigenvalue weighted by molar-refractivity contribution is 9.10. The highest BCUT2D eigenvalue weighted by Crippen LogP contribution is 2.27. The van der Waals surface area contributed by atoms with Gasteiger partial charge in [0, 0.05) is 36.2 Å². The lowest BCUT2D eigenvalue weighted by atomic mass is 10.1. The van der Waals surface area contributed by atoms with Crippen molar-refractivity contribution in [3.05, 3.63) is 34.1 Å². The van der Waals surface area contributed by atoms with Gasteiger partial charge in [-0.1, -0.05) is 15.9 Å². The average molecular weight is 378 g/mol. The van der Waals surface area contributed by atoms with Gasteiger partial charge in [-0.25, -0.2) is 8.78 Å². The molecule has 1 aromatic carbocycles. The third kappa shape index (κ3) is 4.83. The molecule has 110 valence electrons. The molecule has 1 fully saturated rings. The van der Waals surface area contributed by atoms with Crippen LogP contribution in [0.1, 0.15) is 11.6 Å². The molecule has 0 aromatic heterocycles. The summed E-state index contributed by atoms with van der Waals surface area (Å²) in [6.45, 7) is 2.59. The van der Waals surface area contributed by atoms with E-state index in [1.165, 1.54) is 6.07 Å². The van der Waals surface area contributed by atoms with Crippen molar-refractivity contribution in [1.82, 2.24) is 10.2 Å². The summed E-state index contributed by atoms with van der Waals surface area (Å²) in [4.78, 5) is 1.99. The number of piperazine rings is 1. The number of nitrogens with zero attached hydrogens (tertiary/aromatic N) is 1. The Morgan fingerprint density at radius 3 is 2.47 bits per heavy atom. The van der Waals surface area contributed by atoms with Crippen LogP contribution in [0.4, 0.5) is 8.78 Å². The van der Waals surface area contributed by atoms with Gasteiger partial charge >= 0.3 is 0 Å². The molecule has 1 aromatic rings. The smallest absolute Gasteiger partial charge is 0.128 e. The first kappa shape index (κ1) is 19.1. The fraction of sp³-hybridized carbons (Fsp3) is 0.500. The second-order valence-corrected chi connectivity index (χ2v) is 5.04. The minimum absolute atomic E-state index is 0. The molecule has 0 amide bonds. The summed E-state index contributed by atoms with van der Waals surface area (Å²) in [6.07, 6.45) is 0. The van der Waals surface area contributed by atoms with E-state index in [2.05, 4.69) is 21.2 Å². The van der Waals surface area contributed by atoms with Crippen LogP contribution in [0.3, 0.4) is 0 Å². The van der Waals surface area contributed by atoms with E-state index in [9.17, 15) is 8.78 Å². The number of nitrogens with one attached hydrogen (secondary N) is 1. The number of rotatable bonds is 3. The van der Waals surface area contributed by atoms with Crippen molar-refractivity contribution in [3.8, 4) is 0 Å². The minimum Gasteiger partial charge on any atom is -0.314 e. The van der Waals surface area contributed by atoms with Crippen LogP contribution in [0.5, 0.6) is 0 Å². The Hall–Kier alpha value is 0.0600. The number of alkyl halides is 1. The van der Waals surface area contributed by atoms with E-state index < -0.39 is 12.7 Å². The second-order valence-electron chi connectivity index (χ2n) is 4.12. The van der Waals surface area contributed by atoms with E-state index in [1.807, 2.05) is 4.90 Å². The quantitative estimate of drug-likeness (QED) is 0.868. The van der Waals surface area contributed by atoms with Gasteiger partial charge in [-0.2, -0.15) is 0 Å². The van der Waals surface area contributed by atoms with Crippen molar-refractivity contribution in [2.75, 3.05) is 32.9 Å². The topological polar surface area (TPSA) is 15.3 Å². The molecule has 1 atom stereocenters. The van der Waals surface area contributed by atoms with E-state index in [0.29, 0.717) is 5.56 Å². The fourth-order valence-electron chi connectivity index (χ4n) is 2.14. The van der Waals surface area contributed by atoms with Gasteiger partial charge in [-0.15, -0.1) is 24.8 Å². The van der Waals surface area contributed by atoms with E-state index in [0.717, 1.165) is 30.7 Å². The molecular weight excluding hydrogens is 361 g/mol. The fourth-order valence-corrected chi connectivity index (χ4v) is 2.52. The molecule has 1 heterocycles. The van der Waals surface area contributed by atoms with Crippen LogP contribution in [-0.2, 0) is 0 Å². The summed E-state index contributed by atoms with van der Waals surface area (Å²) in [5, 5.41) is 3.20. The molecule has 0 bridgehead atoms. The summed E-state index contributed by atoms with van der Waals surface area (Å²) in [5.74, 6) is -0.339. The summed E-state index contributed by atoms with van der Waals surface area (Å²) in [7, 11) is 0. The van der Waals surface area contributed by atoms with Gasteiger partial charge in [0.1, 0.15) is 12.5 Å². The van der Waals surface area contributed by atoms with Crippen molar-refractivity contribution in [1.29, 1.82) is 0 Å². The first-order valence-electron chi connectivity index (χ1n) is 5.68. The van der Waals surface area contributed by atoms with E-state index >= 15 is 0 Å². The second kappa shape index (κ2) is 9.08. The van der Waals surface area contributed by atoms with Crippen LogP contribution in [0.25, 0.3) is 0 Å². The number of hydrogen-bond donors (Lipinski definition) is 1. The molecule has 1 saturated heterocycles. The normalized spacial score (nSPS) is 17.2. The molecule has 0 unspecified atom stereocenters. The maximum absolute atomic E-state index is 13.7. The Bertz CT molecular complexity index is 390. The average Bonchev–Trinajstić information content (AvgIpc) is 2.36. The lowest BCUT2D eigenvalue weighted by Crippen LogP contribution is -2.45. The highest BCUT2D eigenvalue weighted by Gasteiger charge is 2.24. The highest BCUT2D eigenvalue weighted by atomic mass is 79.9. The van der Waals surface area contributed by atoms with Gasteiger partial charge in [0.05, 0.1) is 6.04 Å². The molecule has 2 rings (SSSR count). The van der Waals surface area contributed by atoms with Crippen LogP contribution in [0.15, 0.2) is 22.7 Å². The van der Waals surface area contributed by atoms with Crippen molar-refractivity contribution in [2.45, 2.75) is 6.04 Å². The summed E-state index contributed by atoms with van der Waals surface area (Å²) >= 11 is 3.30. The van der Waals surface area contributed by atoms with Crippen LogP contribution >= 0.6 is 40.7 Å². The van der Waals surface area contributed by atoms with Crippen molar-refractivity contribution in [3.63, 3.8) is 0 Å². The van der Waals surface area contributed by atoms with Crippen LogP contribution in [-0.4, -0.2) is 37.8 Å². The third-order valence-electron chi connectivity index (χ3n) is 3.06. The molecule has 0 radical (unpaired) electrons. The predicted octanol–water partition coefficient (Wildman–Crippen LogP) is 3.35. The van der Waals surface area contributed by atoms with Crippen molar-refractivity contribution < 1.29 is 8.78 Å². The molecule has 0 aliphatic carbocycles. The monoisotopic (exact) mass is 376 g/mol. The van der Waals surface area contributed by atoms with Gasteiger partial charge in [-0.05, 0) is 18.2 Å². The number of halogens is 5. The maximum atomic E-state index is 13.7. The summed E-state index contributed by atoms with van der Waals surface area (Å²) in [5.41, 5.74) is 0.434. The molecule has 1 aliphatic heterocycles. The van der Waals surface area contributed by atoms with E-state index in [-0.39, 0.29) is 30.6 Å². The van der Waals surface area contributed by atoms with E-state index in [1.54, 1.807) is 12.1 Å². The lowest BCUT2D eigenvalue weighted by molar-refractivity contribution is 0.144. The maximum Gasteiger partial charge on any atom is 0.128 e. The molecule has 1 N–H and O–H groups in total. The first-order valence-corrected chi connectivity index (χ1v) is 6.47. The Balaban J connectivity index is 0.00000162. The zero-order valence-corrected chi connectivity index (χ0v) is 13.5. The predicted molar refractivity (Wildman–Crippen MR) is 81.8 cm³/mol. The summed E-state index contributed by atoms with van der Waals surface area (Å²) in [6, 6.07) is 4.20. The van der Waals surface area contributed by atoms with E-state index in [4.69, 9.17) is 0 Å². The standard InChI is InChI=1S/C12H15BrF2N2.2ClH/c13-9-1-2-11(15)10(7-9)12(8-14)17-5-3-16-4-6-17;;/h1-2,7,12,16H,3-6,8H2;2*1H/t12-;;/m0../s1. The Kier molecular flexibility index (Phi) is 9.11. The third-order valence-corrected chi connectivity index (χ3v) is 3.55. The minimum atomic E-state index is -0.562. The van der Waals surface area contributed by atoms with Gasteiger partial charge < -0.3 is 5.32 Å². The van der Waals surface area contributed by atoms with Gasteiger partial charge in [0.15, 0.2) is 0 Å². The van der Waals surface area contributed by atoms with Crippen LogP contribution in [0, 0.1) is 5.82 Å². The Labute approximate surface area is 132 Å².